The zero-order valence-corrected chi connectivity index (χ0v) is 8.76. The Morgan fingerprint density at radius 2 is 2.38 bits per heavy atom. The molecule has 2 heterocycles. The second-order valence-electron chi connectivity index (χ2n) is 4.33. The number of hydrogen-bond acceptors (Lipinski definition) is 4. The van der Waals surface area contributed by atoms with Crippen molar-refractivity contribution in [3.05, 3.63) is 28.3 Å². The minimum absolute atomic E-state index is 0.160. The summed E-state index contributed by atoms with van der Waals surface area (Å²) in [7, 11) is 0. The zero-order valence-electron chi connectivity index (χ0n) is 8.76. The minimum atomic E-state index is -0.308. The van der Waals surface area contributed by atoms with Gasteiger partial charge >= 0.3 is 5.69 Å². The van der Waals surface area contributed by atoms with Crippen LogP contribution in [0.4, 0.5) is 0 Å². The smallest absolute Gasteiger partial charge is 0.327 e. The van der Waals surface area contributed by atoms with Crippen molar-refractivity contribution < 1.29 is 0 Å². The van der Waals surface area contributed by atoms with Gasteiger partial charge in [0.2, 0.25) is 0 Å². The number of nitrogens with zero attached hydrogens (tertiary/aromatic N) is 3. The lowest BCUT2D eigenvalue weighted by Gasteiger charge is -2.08. The van der Waals surface area contributed by atoms with Crippen LogP contribution in [0.3, 0.4) is 0 Å². The van der Waals surface area contributed by atoms with Gasteiger partial charge in [-0.05, 0) is 30.9 Å². The van der Waals surface area contributed by atoms with Gasteiger partial charge in [-0.3, -0.25) is 0 Å². The van der Waals surface area contributed by atoms with Crippen molar-refractivity contribution in [1.82, 2.24) is 19.8 Å². The number of fused-ring (bicyclic) bond motifs is 1. The number of nitrogens with one attached hydrogen (secondary N) is 1. The van der Waals surface area contributed by atoms with Crippen LogP contribution in [0, 0.1) is 5.92 Å². The maximum atomic E-state index is 11.3. The topological polar surface area (TPSA) is 89.1 Å². The molecule has 6 nitrogen and oxygen atoms in total. The number of hydrogen-bond donors (Lipinski definition) is 2. The number of H-pyrrole nitrogens is 1. The Balaban J connectivity index is 1.91. The lowest BCUT2D eigenvalue weighted by atomic mass is 10.1. The molecular weight excluding hydrogens is 206 g/mol. The van der Waals surface area contributed by atoms with E-state index in [1.807, 2.05) is 6.07 Å². The van der Waals surface area contributed by atoms with E-state index in [0.29, 0.717) is 11.6 Å². The van der Waals surface area contributed by atoms with E-state index < -0.39 is 0 Å². The van der Waals surface area contributed by atoms with Crippen LogP contribution in [0.5, 0.6) is 0 Å². The van der Waals surface area contributed by atoms with Crippen LogP contribution in [0.25, 0.3) is 5.65 Å². The van der Waals surface area contributed by atoms with Crippen LogP contribution < -0.4 is 11.4 Å². The summed E-state index contributed by atoms with van der Waals surface area (Å²) in [4.78, 5) is 11.3. The van der Waals surface area contributed by atoms with Crippen molar-refractivity contribution in [2.24, 2.45) is 11.7 Å². The molecule has 84 valence electrons. The van der Waals surface area contributed by atoms with E-state index in [4.69, 9.17) is 5.73 Å². The quantitative estimate of drug-likeness (QED) is 0.741. The highest BCUT2D eigenvalue weighted by Gasteiger charge is 2.28. The van der Waals surface area contributed by atoms with E-state index in [0.717, 1.165) is 12.1 Å². The molecule has 0 aliphatic heterocycles. The molecule has 1 atom stereocenters. The highest BCUT2D eigenvalue weighted by atomic mass is 16.2. The van der Waals surface area contributed by atoms with Gasteiger partial charge < -0.3 is 5.73 Å². The predicted octanol–water partition coefficient (Wildman–Crippen LogP) is -0.303. The molecule has 1 saturated carbocycles. The third-order valence-corrected chi connectivity index (χ3v) is 3.00. The van der Waals surface area contributed by atoms with Crippen molar-refractivity contribution in [3.8, 4) is 0 Å². The minimum Gasteiger partial charge on any atom is -0.327 e. The van der Waals surface area contributed by atoms with Gasteiger partial charge in [0.15, 0.2) is 5.65 Å². The molecule has 1 fully saturated rings. The molecule has 0 spiro atoms. The first-order chi connectivity index (χ1) is 7.74. The number of nitrogens with two attached hydrogens (primary N) is 1. The average molecular weight is 219 g/mol. The molecule has 3 rings (SSSR count). The van der Waals surface area contributed by atoms with Gasteiger partial charge in [-0.2, -0.15) is 14.7 Å². The van der Waals surface area contributed by atoms with Gasteiger partial charge in [0, 0.05) is 12.5 Å². The molecule has 1 unspecified atom stereocenters. The third kappa shape index (κ3) is 1.61. The van der Waals surface area contributed by atoms with Crippen molar-refractivity contribution in [1.29, 1.82) is 0 Å². The fourth-order valence-corrected chi connectivity index (χ4v) is 1.88. The Bertz CT molecular complexity index is 568. The van der Waals surface area contributed by atoms with Crippen molar-refractivity contribution in [2.45, 2.75) is 25.3 Å². The first-order valence-electron chi connectivity index (χ1n) is 5.43. The fraction of sp³-hybridized carbons (Fsp3) is 0.500. The average Bonchev–Trinajstić information content (AvgIpc) is 3.06. The Morgan fingerprint density at radius 1 is 1.56 bits per heavy atom. The Morgan fingerprint density at radius 3 is 3.12 bits per heavy atom. The summed E-state index contributed by atoms with van der Waals surface area (Å²) >= 11 is 0. The monoisotopic (exact) mass is 219 g/mol. The van der Waals surface area contributed by atoms with Crippen molar-refractivity contribution in [3.63, 3.8) is 0 Å². The van der Waals surface area contributed by atoms with E-state index in [1.165, 1.54) is 17.4 Å². The summed E-state index contributed by atoms with van der Waals surface area (Å²) in [6.45, 7) is 0. The summed E-state index contributed by atoms with van der Waals surface area (Å²) < 4.78 is 1.27. The molecule has 2 aromatic heterocycles. The van der Waals surface area contributed by atoms with Crippen molar-refractivity contribution >= 4 is 5.65 Å². The van der Waals surface area contributed by atoms with E-state index in [1.54, 1.807) is 6.07 Å². The van der Waals surface area contributed by atoms with Gasteiger partial charge in [0.25, 0.3) is 0 Å². The molecule has 1 aliphatic carbocycles. The maximum Gasteiger partial charge on any atom is 0.364 e. The summed E-state index contributed by atoms with van der Waals surface area (Å²) in [5.41, 5.74) is 7.09. The second-order valence-corrected chi connectivity index (χ2v) is 4.33. The molecule has 0 aromatic carbocycles. The Labute approximate surface area is 91.5 Å². The Hall–Kier alpha value is -1.69. The van der Waals surface area contributed by atoms with E-state index in [2.05, 4.69) is 15.3 Å². The van der Waals surface area contributed by atoms with Gasteiger partial charge in [0.1, 0.15) is 0 Å². The molecule has 2 aromatic rings. The highest BCUT2D eigenvalue weighted by Crippen LogP contribution is 2.32. The van der Waals surface area contributed by atoms with Crippen LogP contribution in [0.1, 0.15) is 18.5 Å². The summed E-state index contributed by atoms with van der Waals surface area (Å²) in [6, 6.07) is 3.81. The molecule has 0 amide bonds. The summed E-state index contributed by atoms with van der Waals surface area (Å²) in [5, 5.41) is 10.4. The zero-order chi connectivity index (χ0) is 11.1. The lowest BCUT2D eigenvalue weighted by Crippen LogP contribution is -2.26. The van der Waals surface area contributed by atoms with Crippen LogP contribution in [-0.4, -0.2) is 25.9 Å². The van der Waals surface area contributed by atoms with E-state index in [-0.39, 0.29) is 11.7 Å². The second kappa shape index (κ2) is 3.41. The first kappa shape index (κ1) is 9.53. The van der Waals surface area contributed by atoms with Crippen LogP contribution >= 0.6 is 0 Å². The highest BCUT2D eigenvalue weighted by molar-refractivity contribution is 5.34. The number of aromatic nitrogens is 4. The number of aromatic amines is 1. The normalized spacial score (nSPS) is 17.8. The SMILES string of the molecule is NC(Cc1ccc2n[nH]c(=O)n2n1)C1CC1. The molecule has 6 heteroatoms. The molecule has 1 aliphatic rings. The predicted molar refractivity (Wildman–Crippen MR) is 58.0 cm³/mol. The fourth-order valence-electron chi connectivity index (χ4n) is 1.88. The summed E-state index contributed by atoms with van der Waals surface area (Å²) in [6.07, 6.45) is 3.16. The molecule has 16 heavy (non-hydrogen) atoms. The molecule has 0 saturated heterocycles. The van der Waals surface area contributed by atoms with Gasteiger partial charge in [-0.15, -0.1) is 0 Å². The van der Waals surface area contributed by atoms with Crippen LogP contribution in [-0.2, 0) is 6.42 Å². The van der Waals surface area contributed by atoms with E-state index in [9.17, 15) is 4.79 Å². The molecule has 0 bridgehead atoms. The Kier molecular flexibility index (Phi) is 2.03. The third-order valence-electron chi connectivity index (χ3n) is 3.00. The van der Waals surface area contributed by atoms with Gasteiger partial charge in [0.05, 0.1) is 5.69 Å². The number of rotatable bonds is 3. The standard InChI is InChI=1S/C10H13N5O/c11-8(6-1-2-6)5-7-3-4-9-12-13-10(16)15(9)14-7/h3-4,6,8H,1-2,5,11H2,(H,13,16). The summed E-state index contributed by atoms with van der Waals surface area (Å²) in [5.74, 6) is 0.638. The maximum absolute atomic E-state index is 11.3. The first-order valence-corrected chi connectivity index (χ1v) is 5.43. The van der Waals surface area contributed by atoms with Crippen molar-refractivity contribution in [2.75, 3.05) is 0 Å². The van der Waals surface area contributed by atoms with Crippen LogP contribution in [0.2, 0.25) is 0 Å². The molecule has 3 N–H and O–H groups in total. The van der Waals surface area contributed by atoms with Gasteiger partial charge in [-0.1, -0.05) is 0 Å². The van der Waals surface area contributed by atoms with Gasteiger partial charge in [-0.25, -0.2) is 9.89 Å². The van der Waals surface area contributed by atoms with Crippen LogP contribution in [0.15, 0.2) is 16.9 Å². The largest absolute Gasteiger partial charge is 0.364 e. The van der Waals surface area contributed by atoms with E-state index >= 15 is 0 Å². The molecular formula is C10H13N5O. The lowest BCUT2D eigenvalue weighted by molar-refractivity contribution is 0.577. The molecule has 0 radical (unpaired) electrons.